The molecule has 0 atom stereocenters. The fourth-order valence-electron chi connectivity index (χ4n) is 3.94. The first kappa shape index (κ1) is 20.2. The van der Waals surface area contributed by atoms with Gasteiger partial charge in [0.15, 0.2) is 0 Å². The molecular formula is C23H28N4O3. The minimum absolute atomic E-state index is 0.0273. The molecule has 0 aliphatic carbocycles. The summed E-state index contributed by atoms with van der Waals surface area (Å²) in [4.78, 5) is 30.8. The minimum Gasteiger partial charge on any atom is -0.378 e. The van der Waals surface area contributed by atoms with Crippen LogP contribution in [0.3, 0.4) is 0 Å². The van der Waals surface area contributed by atoms with Crippen LogP contribution in [0.25, 0.3) is 0 Å². The van der Waals surface area contributed by atoms with Crippen LogP contribution in [0, 0.1) is 0 Å². The molecule has 2 heterocycles. The van der Waals surface area contributed by atoms with Crippen molar-refractivity contribution in [1.29, 1.82) is 0 Å². The molecule has 2 aromatic rings. The monoisotopic (exact) mass is 408 g/mol. The average Bonchev–Trinajstić information content (AvgIpc) is 3.17. The normalized spacial score (nSPS) is 15.6. The Morgan fingerprint density at radius 2 is 1.77 bits per heavy atom. The van der Waals surface area contributed by atoms with E-state index in [-0.39, 0.29) is 24.9 Å². The molecule has 30 heavy (non-hydrogen) atoms. The van der Waals surface area contributed by atoms with Crippen molar-refractivity contribution in [1.82, 2.24) is 4.90 Å². The van der Waals surface area contributed by atoms with Gasteiger partial charge in [-0.1, -0.05) is 18.2 Å². The van der Waals surface area contributed by atoms with Crippen LogP contribution in [0.2, 0.25) is 0 Å². The van der Waals surface area contributed by atoms with Gasteiger partial charge in [0.1, 0.15) is 0 Å². The number of amides is 2. The molecule has 1 fully saturated rings. The third-order valence-electron chi connectivity index (χ3n) is 5.64. The molecule has 1 N–H and O–H groups in total. The van der Waals surface area contributed by atoms with Crippen LogP contribution >= 0.6 is 0 Å². The Bertz CT molecular complexity index is 894. The lowest BCUT2D eigenvalue weighted by Gasteiger charge is -2.29. The maximum absolute atomic E-state index is 12.6. The summed E-state index contributed by atoms with van der Waals surface area (Å²) < 4.78 is 5.38. The van der Waals surface area contributed by atoms with Gasteiger partial charge < -0.3 is 24.8 Å². The molecule has 7 nitrogen and oxygen atoms in total. The van der Waals surface area contributed by atoms with Gasteiger partial charge in [0.25, 0.3) is 0 Å². The summed E-state index contributed by atoms with van der Waals surface area (Å²) in [5.41, 5.74) is 4.23. The first-order valence-electron chi connectivity index (χ1n) is 10.4. The Morgan fingerprint density at radius 1 is 1.03 bits per heavy atom. The van der Waals surface area contributed by atoms with Gasteiger partial charge in [-0.15, -0.1) is 0 Å². The molecule has 2 aromatic carbocycles. The SMILES string of the molecule is CN(CC(=O)Nc1ccc(N2CCOCC2)cc1)C(=O)CN1CCc2ccccc21. The molecule has 1 saturated heterocycles. The highest BCUT2D eigenvalue weighted by molar-refractivity contribution is 5.95. The lowest BCUT2D eigenvalue weighted by Crippen LogP contribution is -2.41. The highest BCUT2D eigenvalue weighted by Crippen LogP contribution is 2.27. The predicted octanol–water partition coefficient (Wildman–Crippen LogP) is 1.98. The zero-order valence-corrected chi connectivity index (χ0v) is 17.3. The van der Waals surface area contributed by atoms with Gasteiger partial charge in [-0.25, -0.2) is 0 Å². The standard InChI is InChI=1S/C23H28N4O3/c1-25(23(29)17-27-11-10-18-4-2-3-5-21(18)27)16-22(28)24-19-6-8-20(9-7-19)26-12-14-30-15-13-26/h2-9H,10-17H2,1H3,(H,24,28). The second-order valence-corrected chi connectivity index (χ2v) is 7.74. The number of hydrogen-bond acceptors (Lipinski definition) is 5. The minimum atomic E-state index is -0.202. The van der Waals surface area contributed by atoms with Crippen molar-refractivity contribution in [3.8, 4) is 0 Å². The maximum atomic E-state index is 12.6. The Labute approximate surface area is 177 Å². The number of benzene rings is 2. The summed E-state index contributed by atoms with van der Waals surface area (Å²) in [7, 11) is 1.67. The van der Waals surface area contributed by atoms with Crippen LogP contribution in [-0.2, 0) is 20.7 Å². The molecule has 2 aliphatic heterocycles. The highest BCUT2D eigenvalue weighted by Gasteiger charge is 2.22. The molecule has 4 rings (SSSR count). The lowest BCUT2D eigenvalue weighted by molar-refractivity contribution is -0.132. The summed E-state index contributed by atoms with van der Waals surface area (Å²) in [6, 6.07) is 15.9. The number of carbonyl (C=O) groups is 2. The fraction of sp³-hybridized carbons (Fsp3) is 0.391. The predicted molar refractivity (Wildman–Crippen MR) is 118 cm³/mol. The second kappa shape index (κ2) is 9.17. The first-order chi connectivity index (χ1) is 14.6. The number of carbonyl (C=O) groups excluding carboxylic acids is 2. The van der Waals surface area contributed by atoms with Gasteiger partial charge >= 0.3 is 0 Å². The third kappa shape index (κ3) is 4.74. The van der Waals surface area contributed by atoms with E-state index in [0.29, 0.717) is 0 Å². The topological polar surface area (TPSA) is 65.1 Å². The van der Waals surface area contributed by atoms with Crippen LogP contribution in [0.15, 0.2) is 48.5 Å². The van der Waals surface area contributed by atoms with Crippen molar-refractivity contribution in [2.75, 3.05) is 68.1 Å². The van der Waals surface area contributed by atoms with Gasteiger partial charge in [0, 0.05) is 43.7 Å². The number of para-hydroxylation sites is 1. The molecule has 7 heteroatoms. The van der Waals surface area contributed by atoms with Crippen molar-refractivity contribution in [2.45, 2.75) is 6.42 Å². The van der Waals surface area contributed by atoms with Crippen LogP contribution < -0.4 is 15.1 Å². The molecule has 2 aliphatic rings. The smallest absolute Gasteiger partial charge is 0.243 e. The number of rotatable bonds is 6. The number of fused-ring (bicyclic) bond motifs is 1. The van der Waals surface area contributed by atoms with Gasteiger partial charge in [0.05, 0.1) is 26.3 Å². The van der Waals surface area contributed by atoms with E-state index in [0.717, 1.165) is 56.3 Å². The second-order valence-electron chi connectivity index (χ2n) is 7.74. The molecule has 158 valence electrons. The van der Waals surface area contributed by atoms with Crippen molar-refractivity contribution >= 4 is 28.9 Å². The third-order valence-corrected chi connectivity index (χ3v) is 5.64. The Balaban J connectivity index is 1.27. The number of hydrogen-bond donors (Lipinski definition) is 1. The quantitative estimate of drug-likeness (QED) is 0.792. The van der Waals surface area contributed by atoms with Crippen LogP contribution in [0.1, 0.15) is 5.56 Å². The van der Waals surface area contributed by atoms with Gasteiger partial charge in [0.2, 0.25) is 11.8 Å². The van der Waals surface area contributed by atoms with Crippen LogP contribution in [0.4, 0.5) is 17.1 Å². The summed E-state index contributed by atoms with van der Waals surface area (Å²) >= 11 is 0. The Kier molecular flexibility index (Phi) is 6.18. The lowest BCUT2D eigenvalue weighted by atomic mass is 10.2. The van der Waals surface area contributed by atoms with E-state index in [1.165, 1.54) is 10.5 Å². The average molecular weight is 409 g/mol. The Morgan fingerprint density at radius 3 is 2.53 bits per heavy atom. The fourth-order valence-corrected chi connectivity index (χ4v) is 3.94. The largest absolute Gasteiger partial charge is 0.378 e. The molecular weight excluding hydrogens is 380 g/mol. The summed E-state index contributed by atoms with van der Waals surface area (Å²) in [5, 5.41) is 2.88. The van der Waals surface area contributed by atoms with E-state index in [1.807, 2.05) is 42.5 Å². The van der Waals surface area contributed by atoms with Crippen molar-refractivity contribution < 1.29 is 14.3 Å². The van der Waals surface area contributed by atoms with E-state index in [1.54, 1.807) is 7.05 Å². The van der Waals surface area contributed by atoms with Crippen molar-refractivity contribution in [3.63, 3.8) is 0 Å². The first-order valence-corrected chi connectivity index (χ1v) is 10.4. The van der Waals surface area contributed by atoms with Crippen molar-refractivity contribution in [2.24, 2.45) is 0 Å². The molecule has 0 spiro atoms. The van der Waals surface area contributed by atoms with Crippen LogP contribution in [0.5, 0.6) is 0 Å². The summed E-state index contributed by atoms with van der Waals surface area (Å²) in [6.07, 6.45) is 0.952. The van der Waals surface area contributed by atoms with E-state index in [9.17, 15) is 9.59 Å². The van der Waals surface area contributed by atoms with Crippen LogP contribution in [-0.4, -0.2) is 69.7 Å². The van der Waals surface area contributed by atoms with E-state index >= 15 is 0 Å². The van der Waals surface area contributed by atoms with Gasteiger partial charge in [-0.3, -0.25) is 9.59 Å². The molecule has 0 bridgehead atoms. The highest BCUT2D eigenvalue weighted by atomic mass is 16.5. The number of ether oxygens (including phenoxy) is 1. The van der Waals surface area contributed by atoms with Crippen molar-refractivity contribution in [3.05, 3.63) is 54.1 Å². The molecule has 2 amide bonds. The summed E-state index contributed by atoms with van der Waals surface area (Å²) in [6.45, 7) is 4.37. The molecule has 0 radical (unpaired) electrons. The zero-order valence-electron chi connectivity index (χ0n) is 17.3. The number of morpholine rings is 1. The molecule has 0 unspecified atom stereocenters. The molecule has 0 saturated carbocycles. The van der Waals surface area contributed by atoms with E-state index in [2.05, 4.69) is 21.2 Å². The number of likely N-dealkylation sites (N-methyl/N-ethyl adjacent to an activating group) is 1. The van der Waals surface area contributed by atoms with E-state index in [4.69, 9.17) is 4.74 Å². The Hall–Kier alpha value is -3.06. The van der Waals surface area contributed by atoms with Gasteiger partial charge in [-0.2, -0.15) is 0 Å². The number of nitrogens with one attached hydrogen (secondary N) is 1. The zero-order chi connectivity index (χ0) is 20.9. The maximum Gasteiger partial charge on any atom is 0.243 e. The number of nitrogens with zero attached hydrogens (tertiary/aromatic N) is 3. The molecule has 0 aromatic heterocycles. The summed E-state index contributed by atoms with van der Waals surface area (Å²) in [5.74, 6) is -0.267. The number of anilines is 3. The van der Waals surface area contributed by atoms with E-state index < -0.39 is 0 Å². The van der Waals surface area contributed by atoms with Gasteiger partial charge in [-0.05, 0) is 42.3 Å².